The van der Waals surface area contributed by atoms with E-state index in [1.54, 1.807) is 6.07 Å². The van der Waals surface area contributed by atoms with Crippen LogP contribution in [0.1, 0.15) is 24.8 Å². The second kappa shape index (κ2) is 13.8. The average Bonchev–Trinajstić information content (AvgIpc) is 2.87. The highest BCUT2D eigenvalue weighted by Gasteiger charge is 2.16. The van der Waals surface area contributed by atoms with Gasteiger partial charge in [0, 0.05) is 31.3 Å². The minimum absolute atomic E-state index is 0.214. The third kappa shape index (κ3) is 8.48. The Kier molecular flexibility index (Phi) is 9.90. The molecule has 0 amide bonds. The van der Waals surface area contributed by atoms with Crippen molar-refractivity contribution in [1.82, 2.24) is 15.5 Å². The third-order valence-corrected chi connectivity index (χ3v) is 6.22. The molecule has 36 heavy (non-hydrogen) atoms. The number of H-pyrrole nitrogens is 1. The van der Waals surface area contributed by atoms with Gasteiger partial charge in [-0.15, -0.1) is 0 Å². The number of aromatic nitrogens is 2. The van der Waals surface area contributed by atoms with Crippen LogP contribution in [0.2, 0.25) is 0 Å². The first-order valence-electron chi connectivity index (χ1n) is 12.6. The van der Waals surface area contributed by atoms with Gasteiger partial charge in [-0.1, -0.05) is 30.7 Å². The lowest BCUT2D eigenvalue weighted by Crippen LogP contribution is -2.33. The maximum Gasteiger partial charge on any atom is 0.264 e. The van der Waals surface area contributed by atoms with Gasteiger partial charge >= 0.3 is 0 Å². The molecule has 1 unspecified atom stereocenters. The van der Waals surface area contributed by atoms with Gasteiger partial charge in [-0.05, 0) is 61.1 Å². The molecule has 192 valence electrons. The molecule has 8 nitrogen and oxygen atoms in total. The van der Waals surface area contributed by atoms with Crippen LogP contribution in [0.15, 0.2) is 65.5 Å². The zero-order chi connectivity index (χ0) is 25.0. The molecule has 0 aliphatic heterocycles. The number of ether oxygens (including phenoxy) is 3. The number of hydrogen-bond acceptors (Lipinski definition) is 7. The highest BCUT2D eigenvalue weighted by Crippen LogP contribution is 2.26. The number of aromatic amines is 1. The van der Waals surface area contributed by atoms with Crippen LogP contribution < -0.4 is 20.3 Å². The van der Waals surface area contributed by atoms with E-state index in [1.165, 1.54) is 30.9 Å². The van der Waals surface area contributed by atoms with E-state index in [4.69, 9.17) is 14.2 Å². The van der Waals surface area contributed by atoms with Crippen molar-refractivity contribution in [1.29, 1.82) is 0 Å². The lowest BCUT2D eigenvalue weighted by molar-refractivity contribution is 0.0722. The van der Waals surface area contributed by atoms with Crippen LogP contribution in [0.3, 0.4) is 0 Å². The molecule has 3 aromatic rings. The number of rotatable bonds is 15. The minimum Gasteiger partial charge on any atom is -0.492 e. The van der Waals surface area contributed by atoms with Crippen molar-refractivity contribution in [3.63, 3.8) is 0 Å². The molecule has 8 heteroatoms. The molecule has 1 aliphatic carbocycles. The van der Waals surface area contributed by atoms with Gasteiger partial charge < -0.3 is 24.6 Å². The molecular formula is C28H35N3O5. The fraction of sp³-hybridized carbons (Fsp3) is 0.429. The van der Waals surface area contributed by atoms with Crippen LogP contribution in [-0.2, 0) is 11.2 Å². The normalized spacial score (nSPS) is 14.2. The Morgan fingerprint density at radius 2 is 1.89 bits per heavy atom. The highest BCUT2D eigenvalue weighted by atomic mass is 16.5. The first-order valence-corrected chi connectivity index (χ1v) is 12.6. The number of nitrogens with one attached hydrogen (secondary N) is 2. The summed E-state index contributed by atoms with van der Waals surface area (Å²) in [6.45, 7) is 3.29. The number of benzene rings is 2. The van der Waals surface area contributed by atoms with Crippen LogP contribution in [0.5, 0.6) is 11.5 Å². The molecule has 1 saturated carbocycles. The van der Waals surface area contributed by atoms with E-state index >= 15 is 0 Å². The fourth-order valence-corrected chi connectivity index (χ4v) is 3.86. The topological polar surface area (TPSA) is 106 Å². The molecule has 2 aromatic carbocycles. The van der Waals surface area contributed by atoms with Crippen molar-refractivity contribution >= 4 is 0 Å². The van der Waals surface area contributed by atoms with E-state index in [0.717, 1.165) is 36.9 Å². The average molecular weight is 494 g/mol. The monoisotopic (exact) mass is 493 g/mol. The maximum atomic E-state index is 11.2. The van der Waals surface area contributed by atoms with E-state index in [-0.39, 0.29) is 12.2 Å². The van der Waals surface area contributed by atoms with Gasteiger partial charge in [-0.25, -0.2) is 5.10 Å². The fourth-order valence-electron chi connectivity index (χ4n) is 3.86. The smallest absolute Gasteiger partial charge is 0.264 e. The van der Waals surface area contributed by atoms with E-state index in [0.29, 0.717) is 31.1 Å². The number of aliphatic hydroxyl groups is 1. The Morgan fingerprint density at radius 3 is 2.64 bits per heavy atom. The predicted molar refractivity (Wildman–Crippen MR) is 138 cm³/mol. The molecule has 1 heterocycles. The minimum atomic E-state index is -0.626. The van der Waals surface area contributed by atoms with Gasteiger partial charge in [0.1, 0.15) is 30.8 Å². The van der Waals surface area contributed by atoms with E-state index < -0.39 is 6.10 Å². The molecule has 0 bridgehead atoms. The molecule has 0 spiro atoms. The van der Waals surface area contributed by atoms with Crippen molar-refractivity contribution < 1.29 is 19.3 Å². The molecule has 4 rings (SSSR count). The summed E-state index contributed by atoms with van der Waals surface area (Å²) in [4.78, 5) is 11.2. The summed E-state index contributed by atoms with van der Waals surface area (Å²) in [6, 6.07) is 18.6. The van der Waals surface area contributed by atoms with Crippen molar-refractivity contribution in [2.45, 2.75) is 31.8 Å². The summed E-state index contributed by atoms with van der Waals surface area (Å²) in [5.41, 5.74) is 2.51. The maximum absolute atomic E-state index is 11.2. The van der Waals surface area contributed by atoms with Gasteiger partial charge in [0.05, 0.1) is 12.3 Å². The molecule has 0 saturated heterocycles. The van der Waals surface area contributed by atoms with Crippen LogP contribution in [0, 0.1) is 5.92 Å². The lowest BCUT2D eigenvalue weighted by atomic mass is 9.86. The van der Waals surface area contributed by atoms with Crippen LogP contribution >= 0.6 is 0 Å². The summed E-state index contributed by atoms with van der Waals surface area (Å²) in [7, 11) is 0. The Balaban J connectivity index is 1.07. The Morgan fingerprint density at radius 1 is 1.03 bits per heavy atom. The summed E-state index contributed by atoms with van der Waals surface area (Å²) < 4.78 is 17.3. The second-order valence-electron chi connectivity index (χ2n) is 9.12. The molecule has 1 fully saturated rings. The first kappa shape index (κ1) is 25.9. The van der Waals surface area contributed by atoms with Crippen LogP contribution in [-0.4, -0.2) is 60.9 Å². The van der Waals surface area contributed by atoms with E-state index in [1.807, 2.05) is 48.5 Å². The second-order valence-corrected chi connectivity index (χ2v) is 9.12. The molecule has 1 aromatic heterocycles. The molecule has 0 radical (unpaired) electrons. The zero-order valence-corrected chi connectivity index (χ0v) is 20.5. The third-order valence-electron chi connectivity index (χ3n) is 6.22. The number of nitrogens with zero attached hydrogens (tertiary/aromatic N) is 1. The van der Waals surface area contributed by atoms with Crippen LogP contribution in [0.25, 0.3) is 11.3 Å². The quantitative estimate of drug-likeness (QED) is 0.279. The number of hydrogen-bond donors (Lipinski definition) is 3. The summed E-state index contributed by atoms with van der Waals surface area (Å²) in [5.74, 6) is 2.23. The van der Waals surface area contributed by atoms with Gasteiger partial charge in [0.15, 0.2) is 0 Å². The van der Waals surface area contributed by atoms with Crippen molar-refractivity contribution in [3.8, 4) is 22.8 Å². The van der Waals surface area contributed by atoms with Crippen LogP contribution in [0.4, 0.5) is 0 Å². The highest BCUT2D eigenvalue weighted by molar-refractivity contribution is 5.60. The standard InChI is InChI=1S/C28H35N3O5/c32-24(20-36-25-9-7-21(8-10-25)13-15-34-19-22-3-1-4-22)18-29-14-16-35-26-6-2-5-23(17-26)27-11-12-28(33)31-30-27/h2,5-12,17,22,24,29,32H,1,3-4,13-16,18-20H2,(H,31,33). The van der Waals surface area contributed by atoms with Gasteiger partial charge in [0.2, 0.25) is 0 Å². The van der Waals surface area contributed by atoms with Gasteiger partial charge in [-0.3, -0.25) is 4.79 Å². The molecule has 1 atom stereocenters. The van der Waals surface area contributed by atoms with E-state index in [2.05, 4.69) is 15.5 Å². The number of aliphatic hydroxyl groups excluding tert-OH is 1. The SMILES string of the molecule is O=c1ccc(-c2cccc(OCCNCC(O)COc3ccc(CCOCC4CCC4)cc3)c2)n[nH]1. The van der Waals surface area contributed by atoms with Crippen molar-refractivity contribution in [2.24, 2.45) is 5.92 Å². The summed E-state index contributed by atoms with van der Waals surface area (Å²) >= 11 is 0. The Bertz CT molecular complexity index is 1090. The van der Waals surface area contributed by atoms with Crippen molar-refractivity contribution in [3.05, 3.63) is 76.6 Å². The first-order chi connectivity index (χ1) is 17.7. The summed E-state index contributed by atoms with van der Waals surface area (Å²) in [6.07, 6.45) is 4.25. The van der Waals surface area contributed by atoms with Gasteiger partial charge in [0.25, 0.3) is 5.56 Å². The predicted octanol–water partition coefficient (Wildman–Crippen LogP) is 3.20. The lowest BCUT2D eigenvalue weighted by Gasteiger charge is -2.24. The Labute approximate surface area is 211 Å². The molecule has 3 N–H and O–H groups in total. The molecular weight excluding hydrogens is 458 g/mol. The van der Waals surface area contributed by atoms with Gasteiger partial charge in [-0.2, -0.15) is 5.10 Å². The Hall–Kier alpha value is -3.20. The summed E-state index contributed by atoms with van der Waals surface area (Å²) in [5, 5.41) is 19.8. The van der Waals surface area contributed by atoms with E-state index in [9.17, 15) is 9.90 Å². The zero-order valence-electron chi connectivity index (χ0n) is 20.5. The largest absolute Gasteiger partial charge is 0.492 e. The van der Waals surface area contributed by atoms with Crippen molar-refractivity contribution in [2.75, 3.05) is 39.5 Å². The molecule has 1 aliphatic rings.